The van der Waals surface area contributed by atoms with Gasteiger partial charge in [-0.05, 0) is 24.6 Å². The summed E-state index contributed by atoms with van der Waals surface area (Å²) in [5.41, 5.74) is 2.27. The van der Waals surface area contributed by atoms with Crippen LogP contribution < -0.4 is 4.90 Å². The molecule has 94 valence electrons. The molecular formula is C14H20ClNO. The number of hydrogen-bond acceptors (Lipinski definition) is 2. The number of ketones is 1. The molecule has 0 amide bonds. The van der Waals surface area contributed by atoms with Crippen LogP contribution in [0.25, 0.3) is 0 Å². The highest BCUT2D eigenvalue weighted by molar-refractivity contribution is 6.31. The molecule has 1 heterocycles. The van der Waals surface area contributed by atoms with Crippen molar-refractivity contribution in [3.05, 3.63) is 28.8 Å². The Morgan fingerprint density at radius 1 is 1.18 bits per heavy atom. The molecule has 1 aliphatic heterocycles. The first-order valence-electron chi connectivity index (χ1n) is 6.20. The van der Waals surface area contributed by atoms with Crippen molar-refractivity contribution in [1.29, 1.82) is 0 Å². The second-order valence-corrected chi connectivity index (χ2v) is 4.32. The number of nitrogens with zero attached hydrogens (tertiary/aromatic N) is 1. The quantitative estimate of drug-likeness (QED) is 0.758. The SMILES string of the molecule is CC.Cc1c(Cl)cccc1N1CCC(=O)CC1. The van der Waals surface area contributed by atoms with Crippen LogP contribution in [-0.2, 0) is 4.79 Å². The average molecular weight is 254 g/mol. The van der Waals surface area contributed by atoms with Gasteiger partial charge in [0.1, 0.15) is 5.78 Å². The second kappa shape index (κ2) is 6.65. The molecule has 0 saturated carbocycles. The Hall–Kier alpha value is -1.02. The van der Waals surface area contributed by atoms with E-state index in [1.807, 2.05) is 32.9 Å². The minimum atomic E-state index is 0.367. The van der Waals surface area contributed by atoms with E-state index in [9.17, 15) is 4.79 Å². The van der Waals surface area contributed by atoms with Crippen LogP contribution in [-0.4, -0.2) is 18.9 Å². The minimum absolute atomic E-state index is 0.367. The van der Waals surface area contributed by atoms with Crippen molar-refractivity contribution in [3.63, 3.8) is 0 Å². The second-order valence-electron chi connectivity index (χ2n) is 3.91. The van der Waals surface area contributed by atoms with Gasteiger partial charge in [0.05, 0.1) is 0 Å². The van der Waals surface area contributed by atoms with Gasteiger partial charge in [-0.2, -0.15) is 0 Å². The number of halogens is 1. The first-order chi connectivity index (χ1) is 8.18. The highest BCUT2D eigenvalue weighted by atomic mass is 35.5. The lowest BCUT2D eigenvalue weighted by Crippen LogP contribution is -2.34. The maximum absolute atomic E-state index is 11.1. The van der Waals surface area contributed by atoms with Crippen LogP contribution in [0.5, 0.6) is 0 Å². The number of piperidine rings is 1. The molecule has 1 saturated heterocycles. The van der Waals surface area contributed by atoms with Crippen LogP contribution in [0.15, 0.2) is 18.2 Å². The number of carbonyl (C=O) groups excluding carboxylic acids is 1. The van der Waals surface area contributed by atoms with E-state index in [1.165, 1.54) is 0 Å². The lowest BCUT2D eigenvalue weighted by molar-refractivity contribution is -0.119. The van der Waals surface area contributed by atoms with Crippen molar-refractivity contribution < 1.29 is 4.79 Å². The zero-order valence-electron chi connectivity index (χ0n) is 10.8. The van der Waals surface area contributed by atoms with E-state index >= 15 is 0 Å². The molecule has 1 aromatic carbocycles. The van der Waals surface area contributed by atoms with Crippen LogP contribution in [0.4, 0.5) is 5.69 Å². The van der Waals surface area contributed by atoms with Crippen molar-refractivity contribution in [2.45, 2.75) is 33.6 Å². The molecule has 0 N–H and O–H groups in total. The molecule has 1 aromatic rings. The fourth-order valence-corrected chi connectivity index (χ4v) is 2.11. The Labute approximate surface area is 109 Å². The molecule has 2 rings (SSSR count). The third-order valence-electron chi connectivity index (χ3n) is 2.90. The first-order valence-corrected chi connectivity index (χ1v) is 6.58. The molecule has 0 bridgehead atoms. The van der Waals surface area contributed by atoms with Crippen molar-refractivity contribution >= 4 is 23.1 Å². The molecule has 1 fully saturated rings. The standard InChI is InChI=1S/C12H14ClNO.C2H6/c1-9-11(13)3-2-4-12(9)14-7-5-10(15)6-8-14;1-2/h2-4H,5-8H2,1H3;1-2H3. The monoisotopic (exact) mass is 253 g/mol. The Kier molecular flexibility index (Phi) is 5.49. The summed E-state index contributed by atoms with van der Waals surface area (Å²) in [7, 11) is 0. The smallest absolute Gasteiger partial charge is 0.136 e. The number of carbonyl (C=O) groups is 1. The largest absolute Gasteiger partial charge is 0.370 e. The maximum Gasteiger partial charge on any atom is 0.136 e. The number of Topliss-reactive ketones (excluding diaryl/α,β-unsaturated/α-hetero) is 1. The Morgan fingerprint density at radius 2 is 1.76 bits per heavy atom. The Bertz CT molecular complexity index is 380. The van der Waals surface area contributed by atoms with Crippen molar-refractivity contribution in [2.75, 3.05) is 18.0 Å². The number of anilines is 1. The molecule has 1 aliphatic rings. The zero-order valence-corrected chi connectivity index (χ0v) is 11.5. The highest BCUT2D eigenvalue weighted by Crippen LogP contribution is 2.27. The summed E-state index contributed by atoms with van der Waals surface area (Å²) in [4.78, 5) is 13.4. The molecule has 0 radical (unpaired) electrons. The third kappa shape index (κ3) is 3.47. The van der Waals surface area contributed by atoms with Crippen molar-refractivity contribution in [3.8, 4) is 0 Å². The molecule has 0 aromatic heterocycles. The summed E-state index contributed by atoms with van der Waals surface area (Å²) >= 11 is 6.07. The molecule has 0 aliphatic carbocycles. The van der Waals surface area contributed by atoms with Crippen LogP contribution in [0.2, 0.25) is 5.02 Å². The molecule has 3 heteroatoms. The van der Waals surface area contributed by atoms with Crippen molar-refractivity contribution in [2.24, 2.45) is 0 Å². The van der Waals surface area contributed by atoms with Gasteiger partial charge in [0.25, 0.3) is 0 Å². The summed E-state index contributed by atoms with van der Waals surface area (Å²) < 4.78 is 0. The summed E-state index contributed by atoms with van der Waals surface area (Å²) in [6.07, 6.45) is 1.32. The van der Waals surface area contributed by atoms with Gasteiger partial charge in [-0.3, -0.25) is 4.79 Å². The molecule has 17 heavy (non-hydrogen) atoms. The maximum atomic E-state index is 11.1. The predicted molar refractivity (Wildman–Crippen MR) is 74.0 cm³/mol. The van der Waals surface area contributed by atoms with Gasteiger partial charge < -0.3 is 4.90 Å². The summed E-state index contributed by atoms with van der Waals surface area (Å²) in [5, 5.41) is 0.796. The average Bonchev–Trinajstić information content (AvgIpc) is 2.37. The van der Waals surface area contributed by atoms with Crippen molar-refractivity contribution in [1.82, 2.24) is 0 Å². The zero-order chi connectivity index (χ0) is 12.8. The van der Waals surface area contributed by atoms with Crippen LogP contribution in [0.3, 0.4) is 0 Å². The molecule has 0 atom stereocenters. The number of benzene rings is 1. The fourth-order valence-electron chi connectivity index (χ4n) is 1.94. The molecule has 0 spiro atoms. The van der Waals surface area contributed by atoms with Gasteiger partial charge in [-0.25, -0.2) is 0 Å². The van der Waals surface area contributed by atoms with Gasteiger partial charge in [-0.15, -0.1) is 0 Å². The van der Waals surface area contributed by atoms with E-state index in [1.54, 1.807) is 0 Å². The summed E-state index contributed by atoms with van der Waals surface area (Å²) in [5.74, 6) is 0.367. The Morgan fingerprint density at radius 3 is 2.35 bits per heavy atom. The van der Waals surface area contributed by atoms with Gasteiger partial charge >= 0.3 is 0 Å². The van der Waals surface area contributed by atoms with E-state index in [-0.39, 0.29) is 0 Å². The summed E-state index contributed by atoms with van der Waals surface area (Å²) in [6, 6.07) is 5.92. The van der Waals surface area contributed by atoms with E-state index < -0.39 is 0 Å². The van der Waals surface area contributed by atoms with E-state index in [4.69, 9.17) is 11.6 Å². The van der Waals surface area contributed by atoms with Gasteiger partial charge in [0, 0.05) is 36.6 Å². The van der Waals surface area contributed by atoms with Gasteiger partial charge in [0.2, 0.25) is 0 Å². The van der Waals surface area contributed by atoms with E-state index in [0.717, 1.165) is 29.4 Å². The van der Waals surface area contributed by atoms with E-state index in [2.05, 4.69) is 11.0 Å². The number of rotatable bonds is 1. The Balaban J connectivity index is 0.000000686. The topological polar surface area (TPSA) is 20.3 Å². The predicted octanol–water partition coefficient (Wildman–Crippen LogP) is 3.84. The lowest BCUT2D eigenvalue weighted by atomic mass is 10.1. The first kappa shape index (κ1) is 14.0. The van der Waals surface area contributed by atoms with Crippen LogP contribution in [0, 0.1) is 6.92 Å². The normalized spacial score (nSPS) is 15.3. The lowest BCUT2D eigenvalue weighted by Gasteiger charge is -2.29. The van der Waals surface area contributed by atoms with Crippen LogP contribution >= 0.6 is 11.6 Å². The summed E-state index contributed by atoms with van der Waals surface area (Å²) in [6.45, 7) is 7.66. The van der Waals surface area contributed by atoms with Gasteiger partial charge in [0.15, 0.2) is 0 Å². The molecular weight excluding hydrogens is 234 g/mol. The number of hydrogen-bond donors (Lipinski definition) is 0. The molecule has 0 unspecified atom stereocenters. The molecule has 2 nitrogen and oxygen atoms in total. The van der Waals surface area contributed by atoms with Gasteiger partial charge in [-0.1, -0.05) is 31.5 Å². The highest BCUT2D eigenvalue weighted by Gasteiger charge is 2.18. The fraction of sp³-hybridized carbons (Fsp3) is 0.500. The third-order valence-corrected chi connectivity index (χ3v) is 3.31. The minimum Gasteiger partial charge on any atom is -0.370 e. The van der Waals surface area contributed by atoms with Crippen LogP contribution in [0.1, 0.15) is 32.3 Å². The van der Waals surface area contributed by atoms with E-state index in [0.29, 0.717) is 18.6 Å².